The van der Waals surface area contributed by atoms with Crippen molar-refractivity contribution in [2.24, 2.45) is 5.92 Å². The number of hydrogen-bond donors (Lipinski definition) is 1. The molecule has 1 N–H and O–H groups in total. The van der Waals surface area contributed by atoms with Gasteiger partial charge in [-0.1, -0.05) is 6.92 Å². The van der Waals surface area contributed by atoms with E-state index in [1.807, 2.05) is 6.92 Å². The Morgan fingerprint density at radius 3 is 2.62 bits per heavy atom. The van der Waals surface area contributed by atoms with Gasteiger partial charge in [-0.2, -0.15) is 0 Å². The van der Waals surface area contributed by atoms with Gasteiger partial charge in [0.25, 0.3) is 0 Å². The molecule has 1 aliphatic heterocycles. The minimum absolute atomic E-state index is 0.0673. The molecule has 1 saturated heterocycles. The number of ketones is 1. The maximum absolute atomic E-state index is 12.3. The average molecular weight is 311 g/mol. The highest BCUT2D eigenvalue weighted by atomic mass is 32.2. The SMILES string of the molecule is CCCS(=O)(=O)Nc1ccc(C(=O)C2CCCOC2)cc1. The van der Waals surface area contributed by atoms with Gasteiger partial charge in [0.05, 0.1) is 12.4 Å². The molecular formula is C15H21NO4S. The predicted molar refractivity (Wildman–Crippen MR) is 82.0 cm³/mol. The first kappa shape index (κ1) is 16.0. The number of carbonyl (C=O) groups excluding carboxylic acids is 1. The van der Waals surface area contributed by atoms with E-state index in [0.29, 0.717) is 24.3 Å². The summed E-state index contributed by atoms with van der Waals surface area (Å²) in [6.45, 7) is 3.01. The van der Waals surface area contributed by atoms with Crippen LogP contribution >= 0.6 is 0 Å². The Morgan fingerprint density at radius 1 is 1.33 bits per heavy atom. The number of hydrogen-bond acceptors (Lipinski definition) is 4. The normalized spacial score (nSPS) is 19.2. The quantitative estimate of drug-likeness (QED) is 0.819. The minimum atomic E-state index is -3.29. The van der Waals surface area contributed by atoms with E-state index in [2.05, 4.69) is 4.72 Å². The fourth-order valence-corrected chi connectivity index (χ4v) is 3.52. The molecule has 0 radical (unpaired) electrons. The summed E-state index contributed by atoms with van der Waals surface area (Å²) in [5.74, 6) is 0.0756. The summed E-state index contributed by atoms with van der Waals surface area (Å²) in [5, 5.41) is 0. The predicted octanol–water partition coefficient (Wildman–Crippen LogP) is 2.45. The molecule has 1 heterocycles. The minimum Gasteiger partial charge on any atom is -0.381 e. The Balaban J connectivity index is 2.03. The van der Waals surface area contributed by atoms with Crippen LogP contribution in [-0.2, 0) is 14.8 Å². The van der Waals surface area contributed by atoms with Gasteiger partial charge in [-0.3, -0.25) is 9.52 Å². The Hall–Kier alpha value is -1.40. The lowest BCUT2D eigenvalue weighted by molar-refractivity contribution is 0.0461. The number of sulfonamides is 1. The first-order valence-electron chi connectivity index (χ1n) is 7.24. The van der Waals surface area contributed by atoms with Gasteiger partial charge in [-0.15, -0.1) is 0 Å². The van der Waals surface area contributed by atoms with Crippen molar-refractivity contribution in [2.75, 3.05) is 23.7 Å². The van der Waals surface area contributed by atoms with Gasteiger partial charge in [-0.05, 0) is 43.5 Å². The van der Waals surface area contributed by atoms with Crippen LogP contribution in [0.25, 0.3) is 0 Å². The van der Waals surface area contributed by atoms with E-state index in [1.165, 1.54) is 0 Å². The molecule has 21 heavy (non-hydrogen) atoms. The summed E-state index contributed by atoms with van der Waals surface area (Å²) in [5.41, 5.74) is 1.09. The standard InChI is InChI=1S/C15H21NO4S/c1-2-10-21(18,19)16-14-7-5-12(6-8-14)15(17)13-4-3-9-20-11-13/h5-8,13,16H,2-4,9-11H2,1H3. The largest absolute Gasteiger partial charge is 0.381 e. The Morgan fingerprint density at radius 2 is 2.05 bits per heavy atom. The molecule has 1 aromatic carbocycles. The highest BCUT2D eigenvalue weighted by Gasteiger charge is 2.22. The van der Waals surface area contributed by atoms with Crippen LogP contribution in [0.2, 0.25) is 0 Å². The number of rotatable bonds is 6. The van der Waals surface area contributed by atoms with E-state index in [1.54, 1.807) is 24.3 Å². The molecule has 2 rings (SSSR count). The highest BCUT2D eigenvalue weighted by Crippen LogP contribution is 2.20. The second-order valence-electron chi connectivity index (χ2n) is 5.28. The van der Waals surface area contributed by atoms with Gasteiger partial charge in [0.2, 0.25) is 10.0 Å². The number of benzene rings is 1. The van der Waals surface area contributed by atoms with Crippen LogP contribution < -0.4 is 4.72 Å². The molecule has 1 unspecified atom stereocenters. The fourth-order valence-electron chi connectivity index (χ4n) is 2.39. The van der Waals surface area contributed by atoms with Crippen molar-refractivity contribution in [1.82, 2.24) is 0 Å². The van der Waals surface area contributed by atoms with E-state index in [9.17, 15) is 13.2 Å². The van der Waals surface area contributed by atoms with Gasteiger partial charge in [-0.25, -0.2) is 8.42 Å². The van der Waals surface area contributed by atoms with Gasteiger partial charge in [0.1, 0.15) is 0 Å². The molecule has 0 spiro atoms. The molecule has 0 saturated carbocycles. The summed E-state index contributed by atoms with van der Waals surface area (Å²) in [6, 6.07) is 6.59. The van der Waals surface area contributed by atoms with E-state index in [0.717, 1.165) is 19.4 Å². The Bertz CT molecular complexity index is 574. The molecule has 1 atom stereocenters. The summed E-state index contributed by atoms with van der Waals surface area (Å²) in [6.07, 6.45) is 2.32. The molecule has 6 heteroatoms. The van der Waals surface area contributed by atoms with Crippen LogP contribution in [0.4, 0.5) is 5.69 Å². The molecule has 1 aromatic rings. The van der Waals surface area contributed by atoms with Crippen molar-refractivity contribution in [3.05, 3.63) is 29.8 Å². The van der Waals surface area contributed by atoms with Crippen LogP contribution in [0.3, 0.4) is 0 Å². The highest BCUT2D eigenvalue weighted by molar-refractivity contribution is 7.92. The first-order valence-corrected chi connectivity index (χ1v) is 8.89. The van der Waals surface area contributed by atoms with Crippen LogP contribution in [0.5, 0.6) is 0 Å². The lowest BCUT2D eigenvalue weighted by Gasteiger charge is -2.20. The zero-order chi connectivity index (χ0) is 15.3. The Kier molecular flexibility index (Phi) is 5.36. The lowest BCUT2D eigenvalue weighted by Crippen LogP contribution is -2.25. The first-order chi connectivity index (χ1) is 10.0. The van der Waals surface area contributed by atoms with E-state index >= 15 is 0 Å². The van der Waals surface area contributed by atoms with Crippen LogP contribution in [0.15, 0.2) is 24.3 Å². The van der Waals surface area contributed by atoms with Crippen LogP contribution in [0.1, 0.15) is 36.5 Å². The maximum atomic E-state index is 12.3. The van der Waals surface area contributed by atoms with Crippen LogP contribution in [-0.4, -0.2) is 33.2 Å². The van der Waals surface area contributed by atoms with E-state index in [-0.39, 0.29) is 17.5 Å². The third-order valence-corrected chi connectivity index (χ3v) is 4.94. The van der Waals surface area contributed by atoms with Crippen molar-refractivity contribution in [3.8, 4) is 0 Å². The molecule has 1 aliphatic rings. The summed E-state index contributed by atoms with van der Waals surface area (Å²) >= 11 is 0. The smallest absolute Gasteiger partial charge is 0.232 e. The summed E-state index contributed by atoms with van der Waals surface area (Å²) in [4.78, 5) is 12.3. The molecule has 1 fully saturated rings. The van der Waals surface area contributed by atoms with Crippen molar-refractivity contribution in [1.29, 1.82) is 0 Å². The van der Waals surface area contributed by atoms with Gasteiger partial charge < -0.3 is 4.74 Å². The summed E-state index contributed by atoms with van der Waals surface area (Å²) in [7, 11) is -3.29. The third-order valence-electron chi connectivity index (χ3n) is 3.45. The van der Waals surface area contributed by atoms with Crippen molar-refractivity contribution in [3.63, 3.8) is 0 Å². The maximum Gasteiger partial charge on any atom is 0.232 e. The zero-order valence-corrected chi connectivity index (χ0v) is 13.0. The molecule has 0 bridgehead atoms. The van der Waals surface area contributed by atoms with Gasteiger partial charge in [0, 0.05) is 23.8 Å². The van der Waals surface area contributed by atoms with Gasteiger partial charge in [0.15, 0.2) is 5.78 Å². The van der Waals surface area contributed by atoms with E-state index < -0.39 is 10.0 Å². The molecule has 0 aromatic heterocycles. The molecule has 116 valence electrons. The molecule has 5 nitrogen and oxygen atoms in total. The molecule has 0 amide bonds. The third kappa shape index (κ3) is 4.54. The lowest BCUT2D eigenvalue weighted by atomic mass is 9.93. The van der Waals surface area contributed by atoms with Crippen LogP contribution in [0, 0.1) is 5.92 Å². The van der Waals surface area contributed by atoms with E-state index in [4.69, 9.17) is 4.74 Å². The number of nitrogens with one attached hydrogen (secondary N) is 1. The molecule has 0 aliphatic carbocycles. The van der Waals surface area contributed by atoms with Crippen molar-refractivity contribution >= 4 is 21.5 Å². The number of carbonyl (C=O) groups is 1. The second kappa shape index (κ2) is 7.04. The zero-order valence-electron chi connectivity index (χ0n) is 12.2. The van der Waals surface area contributed by atoms with Gasteiger partial charge >= 0.3 is 0 Å². The summed E-state index contributed by atoms with van der Waals surface area (Å²) < 4.78 is 31.2. The monoisotopic (exact) mass is 311 g/mol. The van der Waals surface area contributed by atoms with Crippen molar-refractivity contribution < 1.29 is 17.9 Å². The number of ether oxygens (including phenoxy) is 1. The average Bonchev–Trinajstić information content (AvgIpc) is 2.48. The Labute approximate surface area is 125 Å². The van der Waals surface area contributed by atoms with Crippen molar-refractivity contribution in [2.45, 2.75) is 26.2 Å². The fraction of sp³-hybridized carbons (Fsp3) is 0.533. The number of Topliss-reactive ketones (excluding diaryl/α,β-unsaturated/α-hetero) is 1. The number of anilines is 1. The topological polar surface area (TPSA) is 72.5 Å². The molecular weight excluding hydrogens is 290 g/mol. The second-order valence-corrected chi connectivity index (χ2v) is 7.12.